The molecule has 18 heavy (non-hydrogen) atoms. The van der Waals surface area contributed by atoms with Crippen molar-refractivity contribution < 1.29 is 5.11 Å². The molecule has 2 aliphatic rings. The molecule has 1 N–H and O–H groups in total. The number of aryl methyl sites for hydroxylation is 1. The summed E-state index contributed by atoms with van der Waals surface area (Å²) in [5.41, 5.74) is 2.70. The van der Waals surface area contributed by atoms with E-state index in [4.69, 9.17) is 0 Å². The van der Waals surface area contributed by atoms with Gasteiger partial charge in [0.2, 0.25) is 0 Å². The van der Waals surface area contributed by atoms with Gasteiger partial charge in [0.25, 0.3) is 0 Å². The van der Waals surface area contributed by atoms with Crippen LogP contribution in [0.4, 0.5) is 0 Å². The number of fused-ring (bicyclic) bond motifs is 1. The molecule has 0 bridgehead atoms. The molecule has 1 heterocycles. The molecule has 1 fully saturated rings. The van der Waals surface area contributed by atoms with Crippen molar-refractivity contribution in [1.29, 1.82) is 0 Å². The minimum absolute atomic E-state index is 0.175. The van der Waals surface area contributed by atoms with Gasteiger partial charge in [-0.05, 0) is 38.5 Å². The fraction of sp³-hybridized carbons (Fsp3) is 0.800. The van der Waals surface area contributed by atoms with Crippen molar-refractivity contribution >= 4 is 0 Å². The molecule has 3 heteroatoms. The minimum atomic E-state index is -0.175. The maximum absolute atomic E-state index is 10.4. The molecule has 2 atom stereocenters. The number of aromatic nitrogens is 2. The van der Waals surface area contributed by atoms with E-state index in [1.807, 2.05) is 6.33 Å². The van der Waals surface area contributed by atoms with Crippen LogP contribution < -0.4 is 0 Å². The Balaban J connectivity index is 1.85. The predicted octanol–water partition coefficient (Wildman–Crippen LogP) is 3.02. The molecule has 0 spiro atoms. The monoisotopic (exact) mass is 248 g/mol. The average Bonchev–Trinajstić information content (AvgIpc) is 2.78. The third-order valence-electron chi connectivity index (χ3n) is 4.61. The summed E-state index contributed by atoms with van der Waals surface area (Å²) in [6, 6.07) is 0.277. The second-order valence-electron chi connectivity index (χ2n) is 5.88. The highest BCUT2D eigenvalue weighted by Gasteiger charge is 2.26. The van der Waals surface area contributed by atoms with Gasteiger partial charge in [-0.2, -0.15) is 0 Å². The lowest BCUT2D eigenvalue weighted by Crippen LogP contribution is -2.27. The lowest BCUT2D eigenvalue weighted by atomic mass is 9.93. The second-order valence-corrected chi connectivity index (χ2v) is 5.88. The molecule has 1 saturated carbocycles. The van der Waals surface area contributed by atoms with Crippen LogP contribution in [-0.2, 0) is 12.8 Å². The van der Waals surface area contributed by atoms with E-state index in [1.165, 1.54) is 49.9 Å². The van der Waals surface area contributed by atoms with Crippen LogP contribution in [0.5, 0.6) is 0 Å². The van der Waals surface area contributed by atoms with Crippen LogP contribution in [0.25, 0.3) is 0 Å². The van der Waals surface area contributed by atoms with Crippen LogP contribution in [-0.4, -0.2) is 20.8 Å². The second kappa shape index (κ2) is 5.43. The third kappa shape index (κ3) is 2.33. The van der Waals surface area contributed by atoms with E-state index < -0.39 is 0 Å². The molecule has 2 unspecified atom stereocenters. The van der Waals surface area contributed by atoms with Crippen molar-refractivity contribution in [2.24, 2.45) is 0 Å². The highest BCUT2D eigenvalue weighted by atomic mass is 16.3. The first-order valence-corrected chi connectivity index (χ1v) is 7.59. The number of hydrogen-bond donors (Lipinski definition) is 1. The van der Waals surface area contributed by atoms with Gasteiger partial charge < -0.3 is 9.67 Å². The number of imidazole rings is 1. The summed E-state index contributed by atoms with van der Waals surface area (Å²) in [5, 5.41) is 10.4. The van der Waals surface area contributed by atoms with Crippen molar-refractivity contribution in [2.45, 2.75) is 76.4 Å². The molecule has 3 rings (SSSR count). The number of rotatable bonds is 1. The lowest BCUT2D eigenvalue weighted by Gasteiger charge is -2.29. The van der Waals surface area contributed by atoms with Gasteiger partial charge in [-0.25, -0.2) is 4.98 Å². The minimum Gasteiger partial charge on any atom is -0.391 e. The van der Waals surface area contributed by atoms with Crippen LogP contribution in [0.1, 0.15) is 68.8 Å². The largest absolute Gasteiger partial charge is 0.391 e. The van der Waals surface area contributed by atoms with E-state index in [2.05, 4.69) is 9.55 Å². The molecule has 1 aromatic heterocycles. The van der Waals surface area contributed by atoms with E-state index in [0.29, 0.717) is 0 Å². The quantitative estimate of drug-likeness (QED) is 0.829. The van der Waals surface area contributed by atoms with E-state index in [-0.39, 0.29) is 12.1 Å². The van der Waals surface area contributed by atoms with Crippen LogP contribution in [0.15, 0.2) is 6.33 Å². The average molecular weight is 248 g/mol. The Kier molecular flexibility index (Phi) is 3.69. The summed E-state index contributed by atoms with van der Waals surface area (Å²) in [4.78, 5) is 4.57. The van der Waals surface area contributed by atoms with Gasteiger partial charge in [-0.1, -0.05) is 25.7 Å². The van der Waals surface area contributed by atoms with E-state index in [1.54, 1.807) is 0 Å². The molecular weight excluding hydrogens is 224 g/mol. The fourth-order valence-corrected chi connectivity index (χ4v) is 3.55. The van der Waals surface area contributed by atoms with Gasteiger partial charge in [-0.3, -0.25) is 0 Å². The van der Waals surface area contributed by atoms with Gasteiger partial charge in [0.1, 0.15) is 0 Å². The molecule has 0 aliphatic heterocycles. The summed E-state index contributed by atoms with van der Waals surface area (Å²) in [7, 11) is 0. The topological polar surface area (TPSA) is 38.0 Å². The maximum Gasteiger partial charge on any atom is 0.0955 e. The Morgan fingerprint density at radius 2 is 1.78 bits per heavy atom. The Morgan fingerprint density at radius 1 is 1.00 bits per heavy atom. The highest BCUT2D eigenvalue weighted by Crippen LogP contribution is 2.31. The number of aliphatic hydroxyl groups excluding tert-OH is 1. The van der Waals surface area contributed by atoms with Gasteiger partial charge in [0.05, 0.1) is 24.2 Å². The van der Waals surface area contributed by atoms with Crippen LogP contribution in [0, 0.1) is 0 Å². The number of nitrogens with zero attached hydrogens (tertiary/aromatic N) is 2. The van der Waals surface area contributed by atoms with Gasteiger partial charge in [-0.15, -0.1) is 0 Å². The normalized spacial score (nSPS) is 29.4. The summed E-state index contributed by atoms with van der Waals surface area (Å²) >= 11 is 0. The molecule has 100 valence electrons. The Bertz CT molecular complexity index is 399. The zero-order valence-corrected chi connectivity index (χ0v) is 11.1. The molecule has 0 saturated heterocycles. The summed E-state index contributed by atoms with van der Waals surface area (Å²) in [6.07, 6.45) is 13.7. The van der Waals surface area contributed by atoms with Gasteiger partial charge >= 0.3 is 0 Å². The molecular formula is C15H24N2O. The third-order valence-corrected chi connectivity index (χ3v) is 4.61. The number of aliphatic hydroxyl groups is 1. The maximum atomic E-state index is 10.4. The Labute approximate surface area is 109 Å². The molecule has 0 radical (unpaired) electrons. The van der Waals surface area contributed by atoms with Crippen molar-refractivity contribution in [3.8, 4) is 0 Å². The predicted molar refractivity (Wildman–Crippen MR) is 71.6 cm³/mol. The lowest BCUT2D eigenvalue weighted by molar-refractivity contribution is 0.0871. The summed E-state index contributed by atoms with van der Waals surface area (Å²) in [6.45, 7) is 0. The van der Waals surface area contributed by atoms with Crippen LogP contribution in [0.3, 0.4) is 0 Å². The Morgan fingerprint density at radius 3 is 2.67 bits per heavy atom. The molecule has 3 nitrogen and oxygen atoms in total. The van der Waals surface area contributed by atoms with E-state index in [9.17, 15) is 5.11 Å². The van der Waals surface area contributed by atoms with Gasteiger partial charge in [0, 0.05) is 5.69 Å². The smallest absolute Gasteiger partial charge is 0.0955 e. The SMILES string of the molecule is OC1CCCCCCC1n1cnc2c1CCCC2. The Hall–Kier alpha value is -0.830. The molecule has 1 aromatic rings. The first-order valence-electron chi connectivity index (χ1n) is 7.59. The van der Waals surface area contributed by atoms with Crippen molar-refractivity contribution in [3.63, 3.8) is 0 Å². The van der Waals surface area contributed by atoms with Crippen molar-refractivity contribution in [3.05, 3.63) is 17.7 Å². The zero-order chi connectivity index (χ0) is 12.4. The van der Waals surface area contributed by atoms with Crippen molar-refractivity contribution in [2.75, 3.05) is 0 Å². The molecule has 2 aliphatic carbocycles. The van der Waals surface area contributed by atoms with E-state index >= 15 is 0 Å². The number of hydrogen-bond acceptors (Lipinski definition) is 2. The fourth-order valence-electron chi connectivity index (χ4n) is 3.55. The summed E-state index contributed by atoms with van der Waals surface area (Å²) < 4.78 is 2.31. The van der Waals surface area contributed by atoms with Gasteiger partial charge in [0.15, 0.2) is 0 Å². The summed E-state index contributed by atoms with van der Waals surface area (Å²) in [5.74, 6) is 0. The van der Waals surface area contributed by atoms with Crippen LogP contribution in [0.2, 0.25) is 0 Å². The zero-order valence-electron chi connectivity index (χ0n) is 11.1. The first kappa shape index (κ1) is 12.2. The van der Waals surface area contributed by atoms with Crippen molar-refractivity contribution in [1.82, 2.24) is 9.55 Å². The first-order chi connectivity index (χ1) is 8.86. The highest BCUT2D eigenvalue weighted by molar-refractivity contribution is 5.17. The molecule has 0 aromatic carbocycles. The standard InChI is InChI=1S/C15H24N2O/c18-15-10-4-2-1-3-9-14(15)17-11-16-12-7-5-6-8-13(12)17/h11,14-15,18H,1-10H2. The van der Waals surface area contributed by atoms with E-state index in [0.717, 1.165) is 25.7 Å². The molecule has 0 amide bonds. The van der Waals surface area contributed by atoms with Crippen LogP contribution >= 0.6 is 0 Å².